The molecule has 1 spiro atoms. The van der Waals surface area contributed by atoms with E-state index in [2.05, 4.69) is 9.88 Å². The van der Waals surface area contributed by atoms with Crippen LogP contribution in [0.2, 0.25) is 0 Å². The zero-order valence-electron chi connectivity index (χ0n) is 14.3. The lowest BCUT2D eigenvalue weighted by Gasteiger charge is -2.40. The molecule has 3 aliphatic heterocycles. The topological polar surface area (TPSA) is 45.7 Å². The number of aromatic nitrogens is 1. The summed E-state index contributed by atoms with van der Waals surface area (Å²) in [7, 11) is 0. The summed E-state index contributed by atoms with van der Waals surface area (Å²) < 4.78 is 5.50. The van der Waals surface area contributed by atoms with Gasteiger partial charge in [-0.15, -0.1) is 0 Å². The molecule has 0 N–H and O–H groups in total. The van der Waals surface area contributed by atoms with Crippen molar-refractivity contribution in [3.63, 3.8) is 0 Å². The summed E-state index contributed by atoms with van der Waals surface area (Å²) in [5.41, 5.74) is 1.06. The second-order valence-electron chi connectivity index (χ2n) is 7.75. The van der Waals surface area contributed by atoms with Crippen LogP contribution in [0.5, 0.6) is 0 Å². The number of rotatable bonds is 3. The molecule has 4 heterocycles. The zero-order valence-corrected chi connectivity index (χ0v) is 14.3. The number of amides is 1. The third-order valence-electron chi connectivity index (χ3n) is 6.09. The normalized spacial score (nSPS) is 27.0. The van der Waals surface area contributed by atoms with Gasteiger partial charge in [0, 0.05) is 38.6 Å². The molecule has 3 aliphatic rings. The van der Waals surface area contributed by atoms with Crippen molar-refractivity contribution in [3.05, 3.63) is 30.1 Å². The molecular formula is C19H27N3O2. The minimum absolute atomic E-state index is 0.144. The van der Waals surface area contributed by atoms with Gasteiger partial charge in [-0.25, -0.2) is 0 Å². The number of carbonyl (C=O) groups is 1. The smallest absolute Gasteiger partial charge is 0.255 e. The van der Waals surface area contributed by atoms with Crippen LogP contribution in [0.3, 0.4) is 0 Å². The van der Waals surface area contributed by atoms with Crippen molar-refractivity contribution < 1.29 is 9.53 Å². The molecule has 0 unspecified atom stereocenters. The number of likely N-dealkylation sites (tertiary alicyclic amines) is 2. The standard InChI is InChI=1S/C19H27N3O2/c23-18(17-2-1-7-20-12-17)22-10-6-19(15-22)4-8-21(9-5-19)13-16-3-11-24-14-16/h1-2,7,12,16H,3-6,8-11,13-15H2/t16-/m0/s1. The van der Waals surface area contributed by atoms with E-state index in [4.69, 9.17) is 4.74 Å². The first-order chi connectivity index (χ1) is 11.7. The molecule has 1 amide bonds. The first-order valence-corrected chi connectivity index (χ1v) is 9.24. The molecular weight excluding hydrogens is 302 g/mol. The van der Waals surface area contributed by atoms with Crippen LogP contribution < -0.4 is 0 Å². The molecule has 5 heteroatoms. The van der Waals surface area contributed by atoms with E-state index in [1.165, 1.54) is 38.9 Å². The van der Waals surface area contributed by atoms with Crippen LogP contribution >= 0.6 is 0 Å². The summed E-state index contributed by atoms with van der Waals surface area (Å²) in [4.78, 5) is 21.4. The summed E-state index contributed by atoms with van der Waals surface area (Å²) in [6.45, 7) is 7.22. The van der Waals surface area contributed by atoms with E-state index in [0.29, 0.717) is 11.0 Å². The largest absolute Gasteiger partial charge is 0.381 e. The average Bonchev–Trinajstić information content (AvgIpc) is 3.28. The van der Waals surface area contributed by atoms with Crippen LogP contribution in [-0.4, -0.2) is 66.6 Å². The Morgan fingerprint density at radius 3 is 2.83 bits per heavy atom. The predicted molar refractivity (Wildman–Crippen MR) is 91.8 cm³/mol. The SMILES string of the molecule is O=C(c1cccnc1)N1CCC2(CCN(C[C@@H]3CCOC3)CC2)C1. The number of pyridine rings is 1. The maximum absolute atomic E-state index is 12.6. The minimum atomic E-state index is 0.144. The maximum Gasteiger partial charge on any atom is 0.255 e. The second-order valence-corrected chi connectivity index (χ2v) is 7.75. The van der Waals surface area contributed by atoms with Gasteiger partial charge in [-0.2, -0.15) is 0 Å². The highest BCUT2D eigenvalue weighted by molar-refractivity contribution is 5.94. The molecule has 0 aliphatic carbocycles. The Bertz CT molecular complexity index is 563. The molecule has 0 radical (unpaired) electrons. The molecule has 3 saturated heterocycles. The monoisotopic (exact) mass is 329 g/mol. The van der Waals surface area contributed by atoms with Gasteiger partial charge in [-0.3, -0.25) is 9.78 Å². The molecule has 1 aromatic rings. The third kappa shape index (κ3) is 3.33. The van der Waals surface area contributed by atoms with E-state index in [0.717, 1.165) is 38.6 Å². The van der Waals surface area contributed by atoms with Crippen LogP contribution in [0.1, 0.15) is 36.0 Å². The molecule has 5 nitrogen and oxygen atoms in total. The van der Waals surface area contributed by atoms with Gasteiger partial charge >= 0.3 is 0 Å². The fourth-order valence-electron chi connectivity index (χ4n) is 4.49. The molecule has 3 fully saturated rings. The van der Waals surface area contributed by atoms with Gasteiger partial charge in [-0.1, -0.05) is 0 Å². The predicted octanol–water partition coefficient (Wildman–Crippen LogP) is 2.05. The lowest BCUT2D eigenvalue weighted by atomic mass is 9.77. The summed E-state index contributed by atoms with van der Waals surface area (Å²) in [5, 5.41) is 0. The summed E-state index contributed by atoms with van der Waals surface area (Å²) >= 11 is 0. The number of hydrogen-bond donors (Lipinski definition) is 0. The number of carbonyl (C=O) groups excluding carboxylic acids is 1. The summed E-state index contributed by atoms with van der Waals surface area (Å²) in [6.07, 6.45) is 8.20. The maximum atomic E-state index is 12.6. The van der Waals surface area contributed by atoms with Gasteiger partial charge in [0.15, 0.2) is 0 Å². The quantitative estimate of drug-likeness (QED) is 0.851. The van der Waals surface area contributed by atoms with E-state index in [9.17, 15) is 4.79 Å². The summed E-state index contributed by atoms with van der Waals surface area (Å²) in [6, 6.07) is 3.71. The van der Waals surface area contributed by atoms with Crippen LogP contribution in [0.15, 0.2) is 24.5 Å². The molecule has 1 atom stereocenters. The number of nitrogens with zero attached hydrogens (tertiary/aromatic N) is 3. The first-order valence-electron chi connectivity index (χ1n) is 9.24. The van der Waals surface area contributed by atoms with E-state index in [-0.39, 0.29) is 5.91 Å². The second kappa shape index (κ2) is 6.81. The fraction of sp³-hybridized carbons (Fsp3) is 0.684. The highest BCUT2D eigenvalue weighted by Crippen LogP contribution is 2.41. The van der Waals surface area contributed by atoms with E-state index in [1.807, 2.05) is 17.0 Å². The third-order valence-corrected chi connectivity index (χ3v) is 6.09. The van der Waals surface area contributed by atoms with Crippen molar-refractivity contribution in [2.24, 2.45) is 11.3 Å². The van der Waals surface area contributed by atoms with Gasteiger partial charge in [0.1, 0.15) is 0 Å². The Kier molecular flexibility index (Phi) is 4.55. The Hall–Kier alpha value is -1.46. The highest BCUT2D eigenvalue weighted by Gasteiger charge is 2.42. The van der Waals surface area contributed by atoms with Crippen molar-refractivity contribution in [2.45, 2.75) is 25.7 Å². The highest BCUT2D eigenvalue weighted by atomic mass is 16.5. The van der Waals surface area contributed by atoms with E-state index < -0.39 is 0 Å². The number of piperidine rings is 1. The molecule has 4 rings (SSSR count). The summed E-state index contributed by atoms with van der Waals surface area (Å²) in [5.74, 6) is 0.872. The Morgan fingerprint density at radius 1 is 1.29 bits per heavy atom. The molecule has 130 valence electrons. The van der Waals surface area contributed by atoms with Gasteiger partial charge in [0.2, 0.25) is 0 Å². The van der Waals surface area contributed by atoms with Gasteiger partial charge in [0.25, 0.3) is 5.91 Å². The van der Waals surface area contributed by atoms with Crippen molar-refractivity contribution in [1.82, 2.24) is 14.8 Å². The zero-order chi connectivity index (χ0) is 16.4. The van der Waals surface area contributed by atoms with Gasteiger partial charge < -0.3 is 14.5 Å². The molecule has 1 aromatic heterocycles. The Balaban J connectivity index is 1.31. The molecule has 24 heavy (non-hydrogen) atoms. The number of hydrogen-bond acceptors (Lipinski definition) is 4. The van der Waals surface area contributed by atoms with Crippen LogP contribution in [0.4, 0.5) is 0 Å². The fourth-order valence-corrected chi connectivity index (χ4v) is 4.49. The van der Waals surface area contributed by atoms with Gasteiger partial charge in [-0.05, 0) is 62.2 Å². The number of ether oxygens (including phenoxy) is 1. The molecule has 0 aromatic carbocycles. The van der Waals surface area contributed by atoms with Crippen molar-refractivity contribution in [1.29, 1.82) is 0 Å². The van der Waals surface area contributed by atoms with E-state index >= 15 is 0 Å². The van der Waals surface area contributed by atoms with Crippen LogP contribution in [-0.2, 0) is 4.74 Å². The van der Waals surface area contributed by atoms with Gasteiger partial charge in [0.05, 0.1) is 12.2 Å². The lowest BCUT2D eigenvalue weighted by Crippen LogP contribution is -2.43. The first kappa shape index (κ1) is 16.0. The Morgan fingerprint density at radius 2 is 2.12 bits per heavy atom. The minimum Gasteiger partial charge on any atom is -0.381 e. The lowest BCUT2D eigenvalue weighted by molar-refractivity contribution is 0.0696. The van der Waals surface area contributed by atoms with E-state index in [1.54, 1.807) is 12.4 Å². The molecule has 0 saturated carbocycles. The Labute approximate surface area is 144 Å². The van der Waals surface area contributed by atoms with Crippen LogP contribution in [0, 0.1) is 11.3 Å². The van der Waals surface area contributed by atoms with Crippen molar-refractivity contribution >= 4 is 5.91 Å². The average molecular weight is 329 g/mol. The van der Waals surface area contributed by atoms with Crippen molar-refractivity contribution in [3.8, 4) is 0 Å². The van der Waals surface area contributed by atoms with Crippen LogP contribution in [0.25, 0.3) is 0 Å². The molecule has 0 bridgehead atoms. The van der Waals surface area contributed by atoms with Crippen molar-refractivity contribution in [2.75, 3.05) is 45.9 Å².